The van der Waals surface area contributed by atoms with Crippen molar-refractivity contribution in [3.8, 4) is 11.8 Å². The first-order valence-electron chi connectivity index (χ1n) is 13.8. The third-order valence-corrected chi connectivity index (χ3v) is 7.46. The van der Waals surface area contributed by atoms with Crippen molar-refractivity contribution in [2.75, 3.05) is 30.3 Å². The molecule has 216 valence electrons. The number of nitrogens with one attached hydrogen (secondary N) is 3. The van der Waals surface area contributed by atoms with E-state index in [1.165, 1.54) is 6.21 Å². The number of nitriles is 1. The average Bonchev–Trinajstić information content (AvgIpc) is 3.48. The van der Waals surface area contributed by atoms with Gasteiger partial charge in [-0.1, -0.05) is 18.2 Å². The van der Waals surface area contributed by atoms with Crippen molar-refractivity contribution in [3.05, 3.63) is 89.4 Å². The van der Waals surface area contributed by atoms with Crippen LogP contribution in [-0.4, -0.2) is 47.6 Å². The van der Waals surface area contributed by atoms with E-state index in [2.05, 4.69) is 21.7 Å². The number of carbonyl (C=O) groups is 2. The highest BCUT2D eigenvalue weighted by molar-refractivity contribution is 6.09. The summed E-state index contributed by atoms with van der Waals surface area (Å²) in [5.41, 5.74) is 4.08. The van der Waals surface area contributed by atoms with Crippen LogP contribution in [0.1, 0.15) is 54.2 Å². The lowest BCUT2D eigenvalue weighted by Crippen LogP contribution is -2.27. The van der Waals surface area contributed by atoms with Gasteiger partial charge in [0, 0.05) is 78.8 Å². The first-order valence-corrected chi connectivity index (χ1v) is 13.8. The Bertz CT molecular complexity index is 1560. The van der Waals surface area contributed by atoms with Crippen LogP contribution >= 0.6 is 0 Å². The molecule has 42 heavy (non-hydrogen) atoms. The molecule has 0 radical (unpaired) electrons. The Morgan fingerprint density at radius 3 is 2.76 bits per heavy atom. The summed E-state index contributed by atoms with van der Waals surface area (Å²) in [4.78, 5) is 30.8. The van der Waals surface area contributed by atoms with Crippen molar-refractivity contribution >= 4 is 35.0 Å². The van der Waals surface area contributed by atoms with Gasteiger partial charge in [0.05, 0.1) is 18.1 Å². The fourth-order valence-corrected chi connectivity index (χ4v) is 4.71. The number of ether oxygens (including phenoxy) is 1. The van der Waals surface area contributed by atoms with Gasteiger partial charge in [-0.3, -0.25) is 14.6 Å². The zero-order valence-electron chi connectivity index (χ0n) is 24.4. The summed E-state index contributed by atoms with van der Waals surface area (Å²) >= 11 is 0. The Morgan fingerprint density at radius 1 is 1.24 bits per heavy atom. The van der Waals surface area contributed by atoms with Crippen LogP contribution in [-0.2, 0) is 10.2 Å². The second-order valence-corrected chi connectivity index (χ2v) is 11.0. The lowest BCUT2D eigenvalue weighted by molar-refractivity contribution is -0.127. The number of nitrogens with zero attached hydrogens (tertiary/aromatic N) is 3. The lowest BCUT2D eigenvalue weighted by Gasteiger charge is -2.17. The number of benzene rings is 2. The second kappa shape index (κ2) is 13.1. The molecule has 3 aromatic rings. The highest BCUT2D eigenvalue weighted by Gasteiger charge is 2.25. The minimum absolute atomic E-state index is 0.0787. The van der Waals surface area contributed by atoms with Crippen molar-refractivity contribution in [2.24, 2.45) is 5.92 Å². The van der Waals surface area contributed by atoms with E-state index in [-0.39, 0.29) is 17.7 Å². The van der Waals surface area contributed by atoms with Crippen LogP contribution in [0.5, 0.6) is 5.75 Å². The minimum Gasteiger partial charge on any atom is -0.492 e. The number of aryl methyl sites for hydroxylation is 1. The number of carbonyl (C=O) groups excluding carboxylic acids is 2. The topological polar surface area (TPSA) is 131 Å². The molecule has 4 rings (SSSR count). The second-order valence-electron chi connectivity index (χ2n) is 11.0. The summed E-state index contributed by atoms with van der Waals surface area (Å²) in [7, 11) is 0. The Kier molecular flexibility index (Phi) is 9.38. The van der Waals surface area contributed by atoms with Crippen molar-refractivity contribution in [1.29, 1.82) is 10.7 Å². The van der Waals surface area contributed by atoms with Crippen molar-refractivity contribution < 1.29 is 14.3 Å². The van der Waals surface area contributed by atoms with E-state index in [1.54, 1.807) is 49.8 Å². The highest BCUT2D eigenvalue weighted by atomic mass is 16.5. The molecule has 1 aliphatic rings. The Morgan fingerprint density at radius 2 is 2.05 bits per heavy atom. The maximum Gasteiger partial charge on any atom is 0.255 e. The number of amides is 2. The van der Waals surface area contributed by atoms with Crippen LogP contribution in [0, 0.1) is 29.6 Å². The van der Waals surface area contributed by atoms with E-state index in [0.29, 0.717) is 41.3 Å². The van der Waals surface area contributed by atoms with Crippen LogP contribution < -0.4 is 15.4 Å². The van der Waals surface area contributed by atoms with Crippen molar-refractivity contribution in [1.82, 2.24) is 9.88 Å². The standard InChI is InChI=1S/C33H36N6O3/c1-22-8-9-28(38-32(41)25-6-5-7-27(14-25)33(3,4)21-35)15-30(22)37-17-26(16-34)29-18-36-12-10-31(29)42-20-24-11-13-39(19-24)23(2)40/h5-10,12,14-18,24,34,37H,11,13,19-20H2,1-4H3,(H,38,41)/b26-17+,34-16?. The molecule has 2 amide bonds. The van der Waals surface area contributed by atoms with E-state index in [9.17, 15) is 14.9 Å². The normalized spacial score (nSPS) is 15.1. The molecule has 0 saturated carbocycles. The first-order chi connectivity index (χ1) is 20.1. The smallest absolute Gasteiger partial charge is 0.255 e. The number of allylic oxidation sites excluding steroid dienone is 1. The summed E-state index contributed by atoms with van der Waals surface area (Å²) in [6.45, 7) is 9.06. The number of hydrogen-bond acceptors (Lipinski definition) is 7. The number of anilines is 2. The number of hydrogen-bond donors (Lipinski definition) is 3. The van der Waals surface area contributed by atoms with Gasteiger partial charge in [0.2, 0.25) is 5.91 Å². The van der Waals surface area contributed by atoms with Gasteiger partial charge in [0.1, 0.15) is 5.75 Å². The molecule has 1 unspecified atom stereocenters. The number of likely N-dealkylation sites (tertiary alicyclic amines) is 1. The van der Waals surface area contributed by atoms with Crippen LogP contribution in [0.25, 0.3) is 5.57 Å². The molecule has 1 fully saturated rings. The average molecular weight is 565 g/mol. The molecule has 9 nitrogen and oxygen atoms in total. The third-order valence-electron chi connectivity index (χ3n) is 7.46. The molecular formula is C33H36N6O3. The molecule has 3 N–H and O–H groups in total. The predicted octanol–water partition coefficient (Wildman–Crippen LogP) is 5.79. The van der Waals surface area contributed by atoms with Gasteiger partial charge in [0.15, 0.2) is 0 Å². The van der Waals surface area contributed by atoms with Crippen LogP contribution in [0.4, 0.5) is 11.4 Å². The van der Waals surface area contributed by atoms with Crippen LogP contribution in [0.2, 0.25) is 0 Å². The van der Waals surface area contributed by atoms with Crippen molar-refractivity contribution in [2.45, 2.75) is 39.5 Å². The van der Waals surface area contributed by atoms with E-state index >= 15 is 0 Å². The molecule has 0 aliphatic carbocycles. The Balaban J connectivity index is 1.47. The molecule has 1 aliphatic heterocycles. The van der Waals surface area contributed by atoms with E-state index in [0.717, 1.165) is 29.8 Å². The summed E-state index contributed by atoms with van der Waals surface area (Å²) in [6, 6.07) is 16.7. The fourth-order valence-electron chi connectivity index (χ4n) is 4.71. The molecule has 0 bridgehead atoms. The van der Waals surface area contributed by atoms with Gasteiger partial charge < -0.3 is 25.7 Å². The molecule has 9 heteroatoms. The van der Waals surface area contributed by atoms with Gasteiger partial charge in [-0.05, 0) is 68.7 Å². The molecule has 1 atom stereocenters. The summed E-state index contributed by atoms with van der Waals surface area (Å²) in [5.74, 6) is 0.667. The first kappa shape index (κ1) is 30.0. The highest BCUT2D eigenvalue weighted by Crippen LogP contribution is 2.28. The van der Waals surface area contributed by atoms with Crippen molar-refractivity contribution in [3.63, 3.8) is 0 Å². The fraction of sp³-hybridized carbons (Fsp3) is 0.303. The van der Waals surface area contributed by atoms with E-state index < -0.39 is 5.41 Å². The molecular weight excluding hydrogens is 528 g/mol. The molecule has 0 spiro atoms. The van der Waals surface area contributed by atoms with Gasteiger partial charge in [-0.25, -0.2) is 0 Å². The van der Waals surface area contributed by atoms with Crippen LogP contribution in [0.3, 0.4) is 0 Å². The zero-order valence-corrected chi connectivity index (χ0v) is 24.4. The summed E-state index contributed by atoms with van der Waals surface area (Å²) in [5, 5.41) is 23.7. The molecule has 1 saturated heterocycles. The monoisotopic (exact) mass is 564 g/mol. The van der Waals surface area contributed by atoms with E-state index in [1.807, 2.05) is 49.9 Å². The van der Waals surface area contributed by atoms with E-state index in [4.69, 9.17) is 10.1 Å². The maximum atomic E-state index is 13.0. The van der Waals surface area contributed by atoms with Gasteiger partial charge in [-0.2, -0.15) is 5.26 Å². The Labute approximate surface area is 246 Å². The number of aromatic nitrogens is 1. The molecule has 2 heterocycles. The maximum absolute atomic E-state index is 13.0. The summed E-state index contributed by atoms with van der Waals surface area (Å²) in [6.07, 6.45) is 7.16. The predicted molar refractivity (Wildman–Crippen MR) is 165 cm³/mol. The number of pyridine rings is 1. The Hall–Kier alpha value is -4.97. The molecule has 1 aromatic heterocycles. The SMILES string of the molecule is CC(=O)N1CCC(COc2ccncc2/C(C=N)=C/Nc2cc(NC(=O)c3cccc(C(C)(C)C#N)c3)ccc2C)C1. The zero-order chi connectivity index (χ0) is 30.3. The minimum atomic E-state index is -0.706. The van der Waals surface area contributed by atoms with Gasteiger partial charge in [-0.15, -0.1) is 0 Å². The quantitative estimate of drug-likeness (QED) is 0.267. The number of rotatable bonds is 10. The van der Waals surface area contributed by atoms with Gasteiger partial charge >= 0.3 is 0 Å². The largest absolute Gasteiger partial charge is 0.492 e. The van der Waals surface area contributed by atoms with Gasteiger partial charge in [0.25, 0.3) is 5.91 Å². The third kappa shape index (κ3) is 7.21. The molecule has 2 aromatic carbocycles. The lowest BCUT2D eigenvalue weighted by atomic mass is 9.85. The van der Waals surface area contributed by atoms with Crippen LogP contribution in [0.15, 0.2) is 67.1 Å². The summed E-state index contributed by atoms with van der Waals surface area (Å²) < 4.78 is 6.13.